The number of carbonyl (C=O) groups is 1. The fraction of sp³-hybridized carbons (Fsp3) is 0.529. The number of rotatable bonds is 5. The average Bonchev–Trinajstić information content (AvgIpc) is 3.11. The molecule has 1 aliphatic rings. The first-order valence-corrected chi connectivity index (χ1v) is 11.1. The zero-order chi connectivity index (χ0) is 18.2. The number of aromatic nitrogens is 2. The third-order valence-electron chi connectivity index (χ3n) is 4.55. The molecule has 1 fully saturated rings. The Morgan fingerprint density at radius 1 is 1.40 bits per heavy atom. The Bertz CT molecular complexity index is 890. The summed E-state index contributed by atoms with van der Waals surface area (Å²) in [5, 5.41) is 0.817. The van der Waals surface area contributed by atoms with Gasteiger partial charge in [0.05, 0.1) is 28.3 Å². The molecule has 0 aliphatic carbocycles. The van der Waals surface area contributed by atoms with Crippen molar-refractivity contribution >= 4 is 38.5 Å². The van der Waals surface area contributed by atoms with Crippen molar-refractivity contribution in [2.75, 3.05) is 24.3 Å². The number of imidazole rings is 1. The van der Waals surface area contributed by atoms with Crippen LogP contribution in [0.4, 0.5) is 0 Å². The van der Waals surface area contributed by atoms with E-state index in [0.29, 0.717) is 6.42 Å². The van der Waals surface area contributed by atoms with Crippen LogP contribution in [0.5, 0.6) is 0 Å². The lowest BCUT2D eigenvalue weighted by atomic mass is 10.2. The predicted octanol–water partition coefficient (Wildman–Crippen LogP) is 2.35. The number of nitrogens with zero attached hydrogens (tertiary/aromatic N) is 3. The molecule has 1 amide bonds. The van der Waals surface area contributed by atoms with E-state index in [2.05, 4.69) is 23.4 Å². The van der Waals surface area contributed by atoms with E-state index in [1.807, 2.05) is 24.3 Å². The molecule has 25 heavy (non-hydrogen) atoms. The highest BCUT2D eigenvalue weighted by molar-refractivity contribution is 7.99. The molecule has 2 heterocycles. The first-order valence-electron chi connectivity index (χ1n) is 8.34. The molecule has 1 aromatic heterocycles. The summed E-state index contributed by atoms with van der Waals surface area (Å²) in [6, 6.07) is 7.97. The lowest BCUT2D eigenvalue weighted by Gasteiger charge is -2.23. The smallest absolute Gasteiger partial charge is 0.233 e. The second-order valence-electron chi connectivity index (χ2n) is 6.70. The quantitative estimate of drug-likeness (QED) is 0.744. The highest BCUT2D eigenvalue weighted by Gasteiger charge is 2.32. The van der Waals surface area contributed by atoms with Gasteiger partial charge in [-0.25, -0.2) is 13.4 Å². The summed E-state index contributed by atoms with van der Waals surface area (Å²) >= 11 is 1.41. The van der Waals surface area contributed by atoms with Gasteiger partial charge in [-0.15, -0.1) is 0 Å². The maximum Gasteiger partial charge on any atom is 0.233 e. The molecule has 0 unspecified atom stereocenters. The van der Waals surface area contributed by atoms with Gasteiger partial charge in [0, 0.05) is 19.1 Å². The van der Waals surface area contributed by atoms with Crippen molar-refractivity contribution in [3.05, 3.63) is 24.3 Å². The number of benzene rings is 1. The van der Waals surface area contributed by atoms with Gasteiger partial charge in [-0.3, -0.25) is 4.79 Å². The van der Waals surface area contributed by atoms with Crippen LogP contribution in [0.1, 0.15) is 26.3 Å². The first kappa shape index (κ1) is 18.3. The molecular formula is C17H23N3O3S2. The molecule has 0 saturated carbocycles. The highest BCUT2D eigenvalue weighted by atomic mass is 32.2. The van der Waals surface area contributed by atoms with Gasteiger partial charge in [-0.2, -0.15) is 0 Å². The van der Waals surface area contributed by atoms with Crippen molar-refractivity contribution in [2.24, 2.45) is 0 Å². The van der Waals surface area contributed by atoms with Crippen LogP contribution in [0.25, 0.3) is 11.0 Å². The Balaban J connectivity index is 1.72. The monoisotopic (exact) mass is 381 g/mol. The van der Waals surface area contributed by atoms with E-state index >= 15 is 0 Å². The summed E-state index contributed by atoms with van der Waals surface area (Å²) in [6.45, 7) is 4.19. The van der Waals surface area contributed by atoms with E-state index in [9.17, 15) is 13.2 Å². The number of sulfone groups is 1. The number of para-hydroxylation sites is 2. The van der Waals surface area contributed by atoms with Gasteiger partial charge >= 0.3 is 0 Å². The Morgan fingerprint density at radius 2 is 2.12 bits per heavy atom. The second-order valence-corrected chi connectivity index (χ2v) is 9.87. The zero-order valence-electron chi connectivity index (χ0n) is 14.7. The molecule has 1 aliphatic heterocycles. The summed E-state index contributed by atoms with van der Waals surface area (Å²) < 4.78 is 25.4. The van der Waals surface area contributed by atoms with Crippen LogP contribution in [0.3, 0.4) is 0 Å². The van der Waals surface area contributed by atoms with Crippen molar-refractivity contribution in [1.82, 2.24) is 14.5 Å². The molecule has 0 spiro atoms. The second kappa shape index (κ2) is 6.99. The van der Waals surface area contributed by atoms with Gasteiger partial charge in [0.1, 0.15) is 0 Å². The van der Waals surface area contributed by atoms with Crippen LogP contribution >= 0.6 is 11.8 Å². The third-order valence-corrected chi connectivity index (χ3v) is 7.24. The van der Waals surface area contributed by atoms with Crippen molar-refractivity contribution < 1.29 is 13.2 Å². The molecule has 8 heteroatoms. The number of hydrogen-bond donors (Lipinski definition) is 0. The van der Waals surface area contributed by atoms with E-state index in [0.717, 1.165) is 16.2 Å². The Morgan fingerprint density at radius 3 is 2.76 bits per heavy atom. The van der Waals surface area contributed by atoms with Crippen molar-refractivity contribution in [2.45, 2.75) is 37.5 Å². The van der Waals surface area contributed by atoms with Crippen LogP contribution in [0.15, 0.2) is 29.4 Å². The third kappa shape index (κ3) is 3.84. The fourth-order valence-corrected chi connectivity index (χ4v) is 5.98. The lowest BCUT2D eigenvalue weighted by Crippen LogP contribution is -2.38. The van der Waals surface area contributed by atoms with E-state index < -0.39 is 9.84 Å². The van der Waals surface area contributed by atoms with Crippen molar-refractivity contribution in [3.8, 4) is 0 Å². The minimum atomic E-state index is -2.99. The van der Waals surface area contributed by atoms with E-state index in [4.69, 9.17) is 0 Å². The Kier molecular flexibility index (Phi) is 5.11. The van der Waals surface area contributed by atoms with E-state index in [-0.39, 0.29) is 35.2 Å². The van der Waals surface area contributed by atoms with Gasteiger partial charge in [0.15, 0.2) is 15.0 Å². The zero-order valence-corrected chi connectivity index (χ0v) is 16.3. The minimum absolute atomic E-state index is 0.0607. The van der Waals surface area contributed by atoms with Crippen LogP contribution in [0, 0.1) is 0 Å². The molecule has 1 saturated heterocycles. The first-order chi connectivity index (χ1) is 11.8. The van der Waals surface area contributed by atoms with Crippen LogP contribution < -0.4 is 0 Å². The minimum Gasteiger partial charge on any atom is -0.341 e. The average molecular weight is 382 g/mol. The Labute approximate surface area is 152 Å². The van der Waals surface area contributed by atoms with Crippen LogP contribution in [0.2, 0.25) is 0 Å². The van der Waals surface area contributed by atoms with Gasteiger partial charge in [0.25, 0.3) is 0 Å². The molecule has 136 valence electrons. The summed E-state index contributed by atoms with van der Waals surface area (Å²) in [5.74, 6) is 0.438. The molecule has 1 atom stereocenters. The summed E-state index contributed by atoms with van der Waals surface area (Å²) in [7, 11) is -1.30. The molecular weight excluding hydrogens is 358 g/mol. The molecule has 6 nitrogen and oxygen atoms in total. The number of hydrogen-bond acceptors (Lipinski definition) is 5. The maximum absolute atomic E-state index is 12.5. The number of thioether (sulfide) groups is 1. The van der Waals surface area contributed by atoms with E-state index in [1.54, 1.807) is 11.9 Å². The van der Waals surface area contributed by atoms with Crippen molar-refractivity contribution in [1.29, 1.82) is 0 Å². The normalized spacial score (nSPS) is 19.6. The van der Waals surface area contributed by atoms with Crippen LogP contribution in [-0.2, 0) is 14.6 Å². The Hall–Kier alpha value is -1.54. The molecule has 1 aromatic carbocycles. The van der Waals surface area contributed by atoms with E-state index in [1.165, 1.54) is 11.8 Å². The largest absolute Gasteiger partial charge is 0.341 e. The summed E-state index contributed by atoms with van der Waals surface area (Å²) in [6.07, 6.45) is 0.528. The summed E-state index contributed by atoms with van der Waals surface area (Å²) in [4.78, 5) is 18.7. The number of fused-ring (bicyclic) bond motifs is 1. The van der Waals surface area contributed by atoms with Gasteiger partial charge in [-0.1, -0.05) is 23.9 Å². The number of carbonyl (C=O) groups excluding carboxylic acids is 1. The molecule has 2 aromatic rings. The fourth-order valence-electron chi connectivity index (χ4n) is 3.14. The van der Waals surface area contributed by atoms with Crippen molar-refractivity contribution in [3.63, 3.8) is 0 Å². The summed E-state index contributed by atoms with van der Waals surface area (Å²) in [5.41, 5.74) is 1.98. The SMILES string of the molecule is CC(C)n1c(SCC(=O)N(C)[C@H]2CCS(=O)(=O)C2)nc2ccccc21. The predicted molar refractivity (Wildman–Crippen MR) is 101 cm³/mol. The van der Waals surface area contributed by atoms with Gasteiger partial charge in [0.2, 0.25) is 5.91 Å². The van der Waals surface area contributed by atoms with Crippen LogP contribution in [-0.4, -0.2) is 59.1 Å². The number of amides is 1. The van der Waals surface area contributed by atoms with Gasteiger partial charge in [-0.05, 0) is 32.4 Å². The highest BCUT2D eigenvalue weighted by Crippen LogP contribution is 2.28. The lowest BCUT2D eigenvalue weighted by molar-refractivity contribution is -0.128. The molecule has 0 N–H and O–H groups in total. The molecule has 3 rings (SSSR count). The standard InChI is InChI=1S/C17H23N3O3S2/c1-12(2)20-15-7-5-4-6-14(15)18-17(20)24-10-16(21)19(3)13-8-9-25(22,23)11-13/h4-7,12-13H,8-11H2,1-3H3/t13-/m0/s1. The topological polar surface area (TPSA) is 72.3 Å². The molecule has 0 radical (unpaired) electrons. The maximum atomic E-state index is 12.5. The molecule has 0 bridgehead atoms. The van der Waals surface area contributed by atoms with Gasteiger partial charge < -0.3 is 9.47 Å².